The van der Waals surface area contributed by atoms with Crippen molar-refractivity contribution in [2.45, 2.75) is 65.8 Å². The first-order valence-electron chi connectivity index (χ1n) is 10.8. The molecule has 3 heteroatoms. The third-order valence-electron chi connectivity index (χ3n) is 5.00. The van der Waals surface area contributed by atoms with Crippen LogP contribution in [0, 0.1) is 0 Å². The lowest BCUT2D eigenvalue weighted by Crippen LogP contribution is -3.00. The number of unbranched alkanes of at least 4 members (excludes halogenated alkanes) is 3. The van der Waals surface area contributed by atoms with Gasteiger partial charge in [-0.05, 0) is 36.6 Å². The second-order valence-electron chi connectivity index (χ2n) is 7.26. The minimum Gasteiger partial charge on any atom is -1.00 e. The number of hydrogen-bond donors (Lipinski definition) is 0. The van der Waals surface area contributed by atoms with E-state index >= 15 is 0 Å². The quantitative estimate of drug-likeness (QED) is 0.326. The van der Waals surface area contributed by atoms with Gasteiger partial charge in [-0.25, -0.2) is 0 Å². The SMILES string of the molecule is CCCCN(CCCC)c1ccccc1C=Cc1cccc[n+]1CCCC.[I-]. The lowest BCUT2D eigenvalue weighted by Gasteiger charge is -2.26. The first-order chi connectivity index (χ1) is 13.3. The van der Waals surface area contributed by atoms with E-state index < -0.39 is 0 Å². The summed E-state index contributed by atoms with van der Waals surface area (Å²) in [6, 6.07) is 15.3. The predicted octanol–water partition coefficient (Wildman–Crippen LogP) is 3.36. The summed E-state index contributed by atoms with van der Waals surface area (Å²) in [7, 11) is 0. The molecule has 0 amide bonds. The van der Waals surface area contributed by atoms with Gasteiger partial charge < -0.3 is 28.9 Å². The molecule has 0 aliphatic carbocycles. The molecule has 0 N–H and O–H groups in total. The van der Waals surface area contributed by atoms with E-state index in [0.717, 1.165) is 19.6 Å². The van der Waals surface area contributed by atoms with Crippen LogP contribution in [0.5, 0.6) is 0 Å². The Balaban J connectivity index is 0.00000392. The average molecular weight is 492 g/mol. The summed E-state index contributed by atoms with van der Waals surface area (Å²) in [4.78, 5) is 2.57. The summed E-state index contributed by atoms with van der Waals surface area (Å²) in [5, 5.41) is 0. The van der Waals surface area contributed by atoms with Crippen LogP contribution in [-0.2, 0) is 6.54 Å². The van der Waals surface area contributed by atoms with Crippen molar-refractivity contribution >= 4 is 17.8 Å². The summed E-state index contributed by atoms with van der Waals surface area (Å²) in [6.07, 6.45) is 14.2. The number of pyridine rings is 1. The number of rotatable bonds is 12. The summed E-state index contributed by atoms with van der Waals surface area (Å²) in [5.74, 6) is 0. The second kappa shape index (κ2) is 14.6. The minimum atomic E-state index is 0. The highest BCUT2D eigenvalue weighted by Gasteiger charge is 2.10. The number of para-hydroxylation sites is 1. The van der Waals surface area contributed by atoms with Crippen molar-refractivity contribution in [1.29, 1.82) is 0 Å². The molecule has 0 saturated heterocycles. The molecule has 0 aliphatic heterocycles. The van der Waals surface area contributed by atoms with Crippen molar-refractivity contribution in [2.75, 3.05) is 18.0 Å². The highest BCUT2D eigenvalue weighted by Crippen LogP contribution is 2.23. The van der Waals surface area contributed by atoms with Crippen LogP contribution in [0.15, 0.2) is 48.7 Å². The number of aryl methyl sites for hydroxylation is 1. The van der Waals surface area contributed by atoms with Crippen molar-refractivity contribution in [1.82, 2.24) is 0 Å². The van der Waals surface area contributed by atoms with E-state index in [0.29, 0.717) is 0 Å². The van der Waals surface area contributed by atoms with E-state index in [1.165, 1.54) is 55.5 Å². The molecule has 0 radical (unpaired) electrons. The van der Waals surface area contributed by atoms with Gasteiger partial charge in [0, 0.05) is 43.4 Å². The average Bonchev–Trinajstić information content (AvgIpc) is 2.72. The number of nitrogens with zero attached hydrogens (tertiary/aromatic N) is 2. The van der Waals surface area contributed by atoms with Gasteiger partial charge >= 0.3 is 0 Å². The maximum atomic E-state index is 2.57. The van der Waals surface area contributed by atoms with Gasteiger partial charge in [-0.15, -0.1) is 0 Å². The topological polar surface area (TPSA) is 7.12 Å². The molecule has 0 saturated carbocycles. The van der Waals surface area contributed by atoms with Crippen LogP contribution in [0.2, 0.25) is 0 Å². The van der Waals surface area contributed by atoms with Gasteiger partial charge in [-0.3, -0.25) is 0 Å². The summed E-state index contributed by atoms with van der Waals surface area (Å²) in [5.41, 5.74) is 3.96. The summed E-state index contributed by atoms with van der Waals surface area (Å²) in [6.45, 7) is 10.2. The number of anilines is 1. The molecule has 2 rings (SSSR count). The molecule has 0 spiro atoms. The Morgan fingerprint density at radius 2 is 1.43 bits per heavy atom. The lowest BCUT2D eigenvalue weighted by molar-refractivity contribution is -0.699. The third-order valence-corrected chi connectivity index (χ3v) is 5.00. The highest BCUT2D eigenvalue weighted by molar-refractivity contribution is 5.75. The van der Waals surface area contributed by atoms with Crippen LogP contribution in [0.4, 0.5) is 5.69 Å². The van der Waals surface area contributed by atoms with Crippen molar-refractivity contribution in [3.8, 4) is 0 Å². The molecule has 1 heterocycles. The van der Waals surface area contributed by atoms with E-state index in [1.807, 2.05) is 0 Å². The molecule has 2 aromatic rings. The Morgan fingerprint density at radius 1 is 0.786 bits per heavy atom. The number of benzene rings is 1. The molecular formula is C25H37IN2. The van der Waals surface area contributed by atoms with Gasteiger partial charge in [0.1, 0.15) is 6.54 Å². The zero-order chi connectivity index (χ0) is 19.3. The van der Waals surface area contributed by atoms with Crippen LogP contribution in [0.3, 0.4) is 0 Å². The standard InChI is InChI=1S/C25H37N2.HI/c1-4-7-19-26-22-13-12-15-24(26)18-17-23-14-10-11-16-25(23)27(20-8-5-2)21-9-6-3;/h10-18,22H,4-9,19-21H2,1-3H3;1H/q+1;/p-1. The summed E-state index contributed by atoms with van der Waals surface area (Å²) >= 11 is 0. The van der Waals surface area contributed by atoms with Gasteiger partial charge in [-0.1, -0.05) is 58.2 Å². The van der Waals surface area contributed by atoms with E-state index in [9.17, 15) is 0 Å². The molecule has 2 nitrogen and oxygen atoms in total. The van der Waals surface area contributed by atoms with E-state index in [4.69, 9.17) is 0 Å². The van der Waals surface area contributed by atoms with Crippen molar-refractivity contribution in [2.24, 2.45) is 0 Å². The fourth-order valence-electron chi connectivity index (χ4n) is 3.32. The first kappa shape index (κ1) is 24.7. The number of hydrogen-bond acceptors (Lipinski definition) is 1. The number of aromatic nitrogens is 1. The Kier molecular flexibility index (Phi) is 12.9. The van der Waals surface area contributed by atoms with Crippen molar-refractivity contribution in [3.05, 3.63) is 59.9 Å². The fourth-order valence-corrected chi connectivity index (χ4v) is 3.32. The van der Waals surface area contributed by atoms with Gasteiger partial charge in [0.15, 0.2) is 6.20 Å². The van der Waals surface area contributed by atoms with Gasteiger partial charge in [0.25, 0.3) is 0 Å². The number of halogens is 1. The molecule has 154 valence electrons. The lowest BCUT2D eigenvalue weighted by atomic mass is 10.1. The Hall–Kier alpha value is -1.36. The normalized spacial score (nSPS) is 10.8. The Morgan fingerprint density at radius 3 is 2.11 bits per heavy atom. The van der Waals surface area contributed by atoms with Crippen LogP contribution in [-0.4, -0.2) is 13.1 Å². The molecule has 1 aromatic carbocycles. The second-order valence-corrected chi connectivity index (χ2v) is 7.26. The van der Waals surface area contributed by atoms with Gasteiger partial charge in [0.05, 0.1) is 0 Å². The summed E-state index contributed by atoms with van der Waals surface area (Å²) < 4.78 is 2.36. The Labute approximate surface area is 189 Å². The van der Waals surface area contributed by atoms with Crippen LogP contribution >= 0.6 is 0 Å². The van der Waals surface area contributed by atoms with Crippen LogP contribution in [0.25, 0.3) is 12.2 Å². The van der Waals surface area contributed by atoms with Crippen molar-refractivity contribution < 1.29 is 28.5 Å². The Bertz CT molecular complexity index is 688. The largest absolute Gasteiger partial charge is 1.00 e. The zero-order valence-electron chi connectivity index (χ0n) is 17.9. The van der Waals surface area contributed by atoms with Crippen LogP contribution < -0.4 is 33.4 Å². The van der Waals surface area contributed by atoms with E-state index in [2.05, 4.69) is 91.1 Å². The predicted molar refractivity (Wildman–Crippen MR) is 119 cm³/mol. The maximum absolute atomic E-state index is 2.57. The molecule has 28 heavy (non-hydrogen) atoms. The molecule has 0 bridgehead atoms. The maximum Gasteiger partial charge on any atom is 0.205 e. The van der Waals surface area contributed by atoms with E-state index in [1.54, 1.807) is 0 Å². The molecule has 0 unspecified atom stereocenters. The first-order valence-corrected chi connectivity index (χ1v) is 10.8. The smallest absolute Gasteiger partial charge is 0.205 e. The molecule has 1 aromatic heterocycles. The van der Waals surface area contributed by atoms with Crippen molar-refractivity contribution in [3.63, 3.8) is 0 Å². The molecule has 0 fully saturated rings. The monoisotopic (exact) mass is 492 g/mol. The third kappa shape index (κ3) is 7.94. The molecule has 0 atom stereocenters. The van der Waals surface area contributed by atoms with Crippen LogP contribution in [0.1, 0.15) is 70.6 Å². The van der Waals surface area contributed by atoms with Gasteiger partial charge in [-0.2, -0.15) is 4.57 Å². The fraction of sp³-hybridized carbons (Fsp3) is 0.480. The van der Waals surface area contributed by atoms with Gasteiger partial charge in [0.2, 0.25) is 5.69 Å². The highest BCUT2D eigenvalue weighted by atomic mass is 127. The van der Waals surface area contributed by atoms with E-state index in [-0.39, 0.29) is 24.0 Å². The molecule has 0 aliphatic rings. The minimum absolute atomic E-state index is 0. The molecular weight excluding hydrogens is 455 g/mol. The zero-order valence-corrected chi connectivity index (χ0v) is 20.1.